The predicted octanol–water partition coefficient (Wildman–Crippen LogP) is 2.71. The lowest BCUT2D eigenvalue weighted by Crippen LogP contribution is -1.69. The van der Waals surface area contributed by atoms with Gasteiger partial charge in [-0.15, -0.1) is 6.58 Å². The molecule has 0 saturated carbocycles. The van der Waals surface area contributed by atoms with Crippen molar-refractivity contribution in [3.05, 3.63) is 36.5 Å². The summed E-state index contributed by atoms with van der Waals surface area (Å²) < 4.78 is 0. The van der Waals surface area contributed by atoms with Gasteiger partial charge >= 0.3 is 0 Å². The first-order valence-electron chi connectivity index (χ1n) is 3.25. The molecule has 0 fully saturated rings. The molecule has 0 saturated heterocycles. The Kier molecular flexibility index (Phi) is 5.35. The standard InChI is InChI=1S/C9H13N/c1-3-6-9(2)7-4-5-8-10/h3-5,7-8,10H,1,6H2,2H3/b5-4-,9-7+,10-8?. The van der Waals surface area contributed by atoms with E-state index in [4.69, 9.17) is 5.41 Å². The number of hydrogen-bond acceptors (Lipinski definition) is 1. The zero-order valence-corrected chi connectivity index (χ0v) is 6.30. The maximum absolute atomic E-state index is 6.69. The van der Waals surface area contributed by atoms with Crippen LogP contribution in [0.5, 0.6) is 0 Å². The van der Waals surface area contributed by atoms with Crippen LogP contribution in [-0.4, -0.2) is 6.21 Å². The van der Waals surface area contributed by atoms with Gasteiger partial charge in [0.05, 0.1) is 0 Å². The minimum Gasteiger partial charge on any atom is -0.309 e. The van der Waals surface area contributed by atoms with Crippen molar-refractivity contribution >= 4 is 6.21 Å². The van der Waals surface area contributed by atoms with Gasteiger partial charge in [-0.1, -0.05) is 23.8 Å². The number of allylic oxidation sites excluding steroid dienone is 5. The molecular formula is C9H13N. The van der Waals surface area contributed by atoms with E-state index in [0.717, 1.165) is 6.42 Å². The van der Waals surface area contributed by atoms with E-state index in [-0.39, 0.29) is 0 Å². The van der Waals surface area contributed by atoms with Gasteiger partial charge in [0.2, 0.25) is 0 Å². The summed E-state index contributed by atoms with van der Waals surface area (Å²) in [7, 11) is 0. The summed E-state index contributed by atoms with van der Waals surface area (Å²) in [5.41, 5.74) is 1.26. The Morgan fingerprint density at radius 1 is 1.50 bits per heavy atom. The molecule has 0 radical (unpaired) electrons. The summed E-state index contributed by atoms with van der Waals surface area (Å²) in [5, 5.41) is 6.69. The van der Waals surface area contributed by atoms with Crippen LogP contribution in [0.1, 0.15) is 13.3 Å². The molecule has 1 N–H and O–H groups in total. The summed E-state index contributed by atoms with van der Waals surface area (Å²) in [6, 6.07) is 0. The highest BCUT2D eigenvalue weighted by molar-refractivity contribution is 5.68. The van der Waals surface area contributed by atoms with E-state index in [2.05, 4.69) is 6.58 Å². The first kappa shape index (κ1) is 8.89. The molecule has 0 aromatic heterocycles. The Morgan fingerprint density at radius 2 is 2.20 bits per heavy atom. The van der Waals surface area contributed by atoms with E-state index in [0.29, 0.717) is 0 Å². The molecule has 0 bridgehead atoms. The Hall–Kier alpha value is -1.11. The molecule has 0 amide bonds. The molecule has 0 unspecified atom stereocenters. The average Bonchev–Trinajstić information content (AvgIpc) is 1.89. The van der Waals surface area contributed by atoms with Gasteiger partial charge in [0, 0.05) is 6.21 Å². The van der Waals surface area contributed by atoms with Crippen LogP contribution >= 0.6 is 0 Å². The lowest BCUT2D eigenvalue weighted by Gasteiger charge is -1.88. The minimum absolute atomic E-state index is 0.919. The molecular weight excluding hydrogens is 122 g/mol. The second-order valence-corrected chi connectivity index (χ2v) is 2.06. The van der Waals surface area contributed by atoms with Crippen molar-refractivity contribution in [2.75, 3.05) is 0 Å². The second kappa shape index (κ2) is 6.02. The van der Waals surface area contributed by atoms with Crippen molar-refractivity contribution in [1.82, 2.24) is 0 Å². The molecule has 0 aliphatic carbocycles. The topological polar surface area (TPSA) is 23.9 Å². The van der Waals surface area contributed by atoms with Crippen LogP contribution in [0.4, 0.5) is 0 Å². The highest BCUT2D eigenvalue weighted by Gasteiger charge is 1.78. The normalized spacial score (nSPS) is 11.9. The summed E-state index contributed by atoms with van der Waals surface area (Å²) in [6.07, 6.45) is 9.56. The Bertz CT molecular complexity index is 164. The van der Waals surface area contributed by atoms with E-state index in [1.54, 1.807) is 6.08 Å². The van der Waals surface area contributed by atoms with Gasteiger partial charge in [-0.3, -0.25) is 0 Å². The molecule has 1 nitrogen and oxygen atoms in total. The van der Waals surface area contributed by atoms with Gasteiger partial charge in [-0.25, -0.2) is 0 Å². The third kappa shape index (κ3) is 5.04. The third-order valence-electron chi connectivity index (χ3n) is 1.05. The van der Waals surface area contributed by atoms with E-state index in [9.17, 15) is 0 Å². The van der Waals surface area contributed by atoms with Gasteiger partial charge in [0.1, 0.15) is 0 Å². The summed E-state index contributed by atoms with van der Waals surface area (Å²) >= 11 is 0. The van der Waals surface area contributed by atoms with Gasteiger partial charge in [-0.2, -0.15) is 0 Å². The predicted molar refractivity (Wildman–Crippen MR) is 46.5 cm³/mol. The third-order valence-corrected chi connectivity index (χ3v) is 1.05. The van der Waals surface area contributed by atoms with E-state index in [1.165, 1.54) is 11.8 Å². The average molecular weight is 135 g/mol. The molecule has 0 aliphatic rings. The van der Waals surface area contributed by atoms with Crippen LogP contribution in [-0.2, 0) is 0 Å². The van der Waals surface area contributed by atoms with Gasteiger partial charge in [-0.05, 0) is 19.4 Å². The number of nitrogens with one attached hydrogen (secondary N) is 1. The Balaban J connectivity index is 3.77. The molecule has 0 atom stereocenters. The molecule has 0 spiro atoms. The summed E-state index contributed by atoms with van der Waals surface area (Å²) in [5.74, 6) is 0. The smallest absolute Gasteiger partial charge is 0.0177 e. The van der Waals surface area contributed by atoms with Gasteiger partial charge in [0.25, 0.3) is 0 Å². The van der Waals surface area contributed by atoms with Crippen molar-refractivity contribution in [1.29, 1.82) is 5.41 Å². The van der Waals surface area contributed by atoms with Crippen molar-refractivity contribution in [2.24, 2.45) is 0 Å². The molecule has 54 valence electrons. The largest absolute Gasteiger partial charge is 0.309 e. The molecule has 0 aromatic rings. The van der Waals surface area contributed by atoms with Gasteiger partial charge in [0.15, 0.2) is 0 Å². The fourth-order valence-electron chi connectivity index (χ4n) is 0.571. The molecule has 0 aromatic carbocycles. The van der Waals surface area contributed by atoms with E-state index >= 15 is 0 Å². The van der Waals surface area contributed by atoms with Crippen molar-refractivity contribution < 1.29 is 0 Å². The Morgan fingerprint density at radius 3 is 2.70 bits per heavy atom. The van der Waals surface area contributed by atoms with Crippen LogP contribution in [0, 0.1) is 5.41 Å². The summed E-state index contributed by atoms with van der Waals surface area (Å²) in [6.45, 7) is 5.66. The first-order chi connectivity index (χ1) is 4.81. The lowest BCUT2D eigenvalue weighted by atomic mass is 10.2. The lowest BCUT2D eigenvalue weighted by molar-refractivity contribution is 1.22. The van der Waals surface area contributed by atoms with Crippen molar-refractivity contribution in [2.45, 2.75) is 13.3 Å². The maximum Gasteiger partial charge on any atom is 0.0177 e. The van der Waals surface area contributed by atoms with Crippen LogP contribution in [0.15, 0.2) is 36.5 Å². The fraction of sp³-hybridized carbons (Fsp3) is 0.222. The maximum atomic E-state index is 6.69. The SMILES string of the molecule is C=CC/C(C)=C/C=C\C=N. The van der Waals surface area contributed by atoms with Crippen LogP contribution in [0.3, 0.4) is 0 Å². The number of hydrogen-bond donors (Lipinski definition) is 1. The van der Waals surface area contributed by atoms with E-state index in [1.807, 2.05) is 25.2 Å². The molecule has 0 rings (SSSR count). The molecule has 1 heteroatoms. The Labute approximate surface area is 62.3 Å². The van der Waals surface area contributed by atoms with Crippen LogP contribution in [0.2, 0.25) is 0 Å². The zero-order chi connectivity index (χ0) is 7.82. The molecule has 0 heterocycles. The number of rotatable bonds is 4. The van der Waals surface area contributed by atoms with Crippen molar-refractivity contribution in [3.8, 4) is 0 Å². The highest BCUT2D eigenvalue weighted by Crippen LogP contribution is 1.98. The fourth-order valence-corrected chi connectivity index (χ4v) is 0.571. The van der Waals surface area contributed by atoms with E-state index < -0.39 is 0 Å². The van der Waals surface area contributed by atoms with Crippen LogP contribution in [0.25, 0.3) is 0 Å². The molecule has 10 heavy (non-hydrogen) atoms. The zero-order valence-electron chi connectivity index (χ0n) is 6.30. The summed E-state index contributed by atoms with van der Waals surface area (Å²) in [4.78, 5) is 0. The van der Waals surface area contributed by atoms with Crippen LogP contribution < -0.4 is 0 Å². The quantitative estimate of drug-likeness (QED) is 0.348. The van der Waals surface area contributed by atoms with Gasteiger partial charge < -0.3 is 5.41 Å². The second-order valence-electron chi connectivity index (χ2n) is 2.06. The van der Waals surface area contributed by atoms with Crippen molar-refractivity contribution in [3.63, 3.8) is 0 Å². The monoisotopic (exact) mass is 135 g/mol. The molecule has 0 aliphatic heterocycles. The minimum atomic E-state index is 0.919. The highest BCUT2D eigenvalue weighted by atomic mass is 14.3. The first-order valence-corrected chi connectivity index (χ1v) is 3.25.